The molecule has 1 heterocycles. The van der Waals surface area contributed by atoms with E-state index < -0.39 is 6.23 Å². The van der Waals surface area contributed by atoms with Crippen molar-refractivity contribution in [2.24, 2.45) is 0 Å². The van der Waals surface area contributed by atoms with Crippen molar-refractivity contribution < 1.29 is 9.84 Å². The number of aliphatic hydroxyl groups is 1. The number of aliphatic hydroxyl groups excluding tert-OH is 1. The summed E-state index contributed by atoms with van der Waals surface area (Å²) in [7, 11) is 0. The fourth-order valence-electron chi connectivity index (χ4n) is 2.98. The molecule has 3 unspecified atom stereocenters. The van der Waals surface area contributed by atoms with Crippen LogP contribution in [-0.4, -0.2) is 29.2 Å². The first-order valence-electron chi connectivity index (χ1n) is 7.42. The molecule has 3 nitrogen and oxygen atoms in total. The third-order valence-corrected chi connectivity index (χ3v) is 4.15. The van der Waals surface area contributed by atoms with Gasteiger partial charge in [-0.15, -0.1) is 0 Å². The van der Waals surface area contributed by atoms with E-state index in [0.717, 1.165) is 17.7 Å². The average molecular weight is 283 g/mol. The Labute approximate surface area is 125 Å². The fraction of sp³-hybridized carbons (Fsp3) is 0.333. The molecule has 0 amide bonds. The van der Waals surface area contributed by atoms with E-state index in [0.29, 0.717) is 6.61 Å². The summed E-state index contributed by atoms with van der Waals surface area (Å²) >= 11 is 0. The van der Waals surface area contributed by atoms with Crippen LogP contribution in [0.25, 0.3) is 0 Å². The van der Waals surface area contributed by atoms with Gasteiger partial charge in [0.2, 0.25) is 0 Å². The number of morpholine rings is 1. The minimum absolute atomic E-state index is 0.00156. The molecule has 0 aromatic heterocycles. The van der Waals surface area contributed by atoms with Gasteiger partial charge in [-0.2, -0.15) is 0 Å². The molecule has 1 aliphatic heterocycles. The molecule has 0 bridgehead atoms. The Kier molecular flexibility index (Phi) is 4.34. The summed E-state index contributed by atoms with van der Waals surface area (Å²) in [5.41, 5.74) is 2.09. The zero-order valence-corrected chi connectivity index (χ0v) is 12.2. The molecule has 2 aromatic rings. The highest BCUT2D eigenvalue weighted by Crippen LogP contribution is 2.32. The molecular weight excluding hydrogens is 262 g/mol. The molecule has 3 heteroatoms. The van der Waals surface area contributed by atoms with Crippen molar-refractivity contribution in [2.45, 2.75) is 25.3 Å². The van der Waals surface area contributed by atoms with Gasteiger partial charge >= 0.3 is 0 Å². The molecule has 0 spiro atoms. The molecule has 1 aliphatic rings. The molecule has 110 valence electrons. The smallest absolute Gasteiger partial charge is 0.133 e. The van der Waals surface area contributed by atoms with Crippen LogP contribution in [0.2, 0.25) is 0 Å². The van der Waals surface area contributed by atoms with Crippen LogP contribution in [0, 0.1) is 0 Å². The van der Waals surface area contributed by atoms with E-state index in [9.17, 15) is 5.11 Å². The van der Waals surface area contributed by atoms with Crippen LogP contribution in [0.15, 0.2) is 60.7 Å². The van der Waals surface area contributed by atoms with Gasteiger partial charge in [0.15, 0.2) is 0 Å². The maximum Gasteiger partial charge on any atom is 0.133 e. The Morgan fingerprint density at radius 3 is 2.33 bits per heavy atom. The lowest BCUT2D eigenvalue weighted by molar-refractivity contribution is -0.130. The van der Waals surface area contributed by atoms with Crippen LogP contribution >= 0.6 is 0 Å². The van der Waals surface area contributed by atoms with Gasteiger partial charge in [-0.25, -0.2) is 0 Å². The lowest BCUT2D eigenvalue weighted by atomic mass is 9.99. The minimum atomic E-state index is -0.587. The first-order chi connectivity index (χ1) is 10.3. The largest absolute Gasteiger partial charge is 0.374 e. The standard InChI is InChI=1S/C18H21NO2/c1-14-17(15-8-4-2-5-9-15)21-13-12-19(14)18(20)16-10-6-3-7-11-16/h2-11,14,17-18,20H,12-13H2,1H3. The highest BCUT2D eigenvalue weighted by molar-refractivity contribution is 5.21. The maximum atomic E-state index is 10.7. The van der Waals surface area contributed by atoms with Crippen molar-refractivity contribution in [3.05, 3.63) is 71.8 Å². The quantitative estimate of drug-likeness (QED) is 0.939. The number of rotatable bonds is 3. The monoisotopic (exact) mass is 283 g/mol. The molecule has 21 heavy (non-hydrogen) atoms. The van der Waals surface area contributed by atoms with E-state index in [1.54, 1.807) is 0 Å². The highest BCUT2D eigenvalue weighted by atomic mass is 16.5. The SMILES string of the molecule is CC1C(c2ccccc2)OCCN1C(O)c1ccccc1. The molecular formula is C18H21NO2. The molecule has 1 fully saturated rings. The number of nitrogens with zero attached hydrogens (tertiary/aromatic N) is 1. The van der Waals surface area contributed by atoms with Crippen molar-refractivity contribution in [3.8, 4) is 0 Å². The van der Waals surface area contributed by atoms with Crippen molar-refractivity contribution in [1.29, 1.82) is 0 Å². The summed E-state index contributed by atoms with van der Waals surface area (Å²) in [5.74, 6) is 0. The minimum Gasteiger partial charge on any atom is -0.374 e. The fourth-order valence-corrected chi connectivity index (χ4v) is 2.98. The van der Waals surface area contributed by atoms with Crippen molar-refractivity contribution in [1.82, 2.24) is 4.90 Å². The first kappa shape index (κ1) is 14.3. The molecule has 3 atom stereocenters. The summed E-state index contributed by atoms with van der Waals surface area (Å²) in [6.07, 6.45) is -0.588. The van der Waals surface area contributed by atoms with Crippen LogP contribution in [-0.2, 0) is 4.74 Å². The predicted molar refractivity (Wildman–Crippen MR) is 82.7 cm³/mol. The summed E-state index contributed by atoms with van der Waals surface area (Å²) in [5, 5.41) is 10.7. The van der Waals surface area contributed by atoms with Gasteiger partial charge in [0.05, 0.1) is 12.7 Å². The highest BCUT2D eigenvalue weighted by Gasteiger charge is 2.33. The van der Waals surface area contributed by atoms with Gasteiger partial charge in [0, 0.05) is 12.6 Å². The molecule has 3 rings (SSSR count). The van der Waals surface area contributed by atoms with E-state index in [1.165, 1.54) is 0 Å². The Bertz CT molecular complexity index is 558. The third-order valence-electron chi connectivity index (χ3n) is 4.15. The van der Waals surface area contributed by atoms with Crippen molar-refractivity contribution >= 4 is 0 Å². The van der Waals surface area contributed by atoms with Crippen LogP contribution < -0.4 is 0 Å². The Morgan fingerprint density at radius 1 is 1.05 bits per heavy atom. The van der Waals surface area contributed by atoms with Gasteiger partial charge in [-0.05, 0) is 18.1 Å². The van der Waals surface area contributed by atoms with Crippen molar-refractivity contribution in [2.75, 3.05) is 13.2 Å². The predicted octanol–water partition coefficient (Wildman–Crippen LogP) is 3.14. The Morgan fingerprint density at radius 2 is 1.67 bits per heavy atom. The van der Waals surface area contributed by atoms with Crippen molar-refractivity contribution in [3.63, 3.8) is 0 Å². The second kappa shape index (κ2) is 6.39. The van der Waals surface area contributed by atoms with E-state index in [-0.39, 0.29) is 12.1 Å². The molecule has 0 saturated carbocycles. The molecule has 0 aliphatic carbocycles. The summed E-state index contributed by atoms with van der Waals surface area (Å²) in [6, 6.07) is 20.1. The number of hydrogen-bond acceptors (Lipinski definition) is 3. The lowest BCUT2D eigenvalue weighted by Gasteiger charge is -2.42. The summed E-state index contributed by atoms with van der Waals surface area (Å²) in [4.78, 5) is 2.11. The first-order valence-corrected chi connectivity index (χ1v) is 7.42. The number of benzene rings is 2. The van der Waals surface area contributed by atoms with E-state index in [1.807, 2.05) is 48.5 Å². The van der Waals surface area contributed by atoms with Crippen LogP contribution in [0.3, 0.4) is 0 Å². The van der Waals surface area contributed by atoms with Gasteiger partial charge < -0.3 is 9.84 Å². The summed E-state index contributed by atoms with van der Waals surface area (Å²) in [6.45, 7) is 3.48. The Hall–Kier alpha value is -1.68. The third kappa shape index (κ3) is 3.00. The number of ether oxygens (including phenoxy) is 1. The number of hydrogen-bond donors (Lipinski definition) is 1. The zero-order valence-electron chi connectivity index (χ0n) is 12.2. The van der Waals surface area contributed by atoms with E-state index in [2.05, 4.69) is 24.0 Å². The van der Waals surface area contributed by atoms with Gasteiger partial charge in [-0.1, -0.05) is 60.7 Å². The molecule has 1 N–H and O–H groups in total. The maximum absolute atomic E-state index is 10.7. The van der Waals surface area contributed by atoms with Crippen LogP contribution in [0.4, 0.5) is 0 Å². The second-order valence-electron chi connectivity index (χ2n) is 5.46. The van der Waals surface area contributed by atoms with E-state index in [4.69, 9.17) is 4.74 Å². The van der Waals surface area contributed by atoms with Crippen LogP contribution in [0.1, 0.15) is 30.4 Å². The molecule has 2 aromatic carbocycles. The van der Waals surface area contributed by atoms with Gasteiger partial charge in [-0.3, -0.25) is 4.90 Å². The van der Waals surface area contributed by atoms with E-state index >= 15 is 0 Å². The van der Waals surface area contributed by atoms with Gasteiger partial charge in [0.1, 0.15) is 6.23 Å². The second-order valence-corrected chi connectivity index (χ2v) is 5.46. The van der Waals surface area contributed by atoms with Gasteiger partial charge in [0.25, 0.3) is 0 Å². The Balaban J connectivity index is 1.80. The topological polar surface area (TPSA) is 32.7 Å². The molecule has 1 saturated heterocycles. The zero-order chi connectivity index (χ0) is 14.7. The average Bonchev–Trinajstić information content (AvgIpc) is 2.56. The molecule has 0 radical (unpaired) electrons. The summed E-state index contributed by atoms with van der Waals surface area (Å²) < 4.78 is 5.94. The lowest BCUT2D eigenvalue weighted by Crippen LogP contribution is -2.47. The normalized spacial score (nSPS) is 24.7. The van der Waals surface area contributed by atoms with Crippen LogP contribution in [0.5, 0.6) is 0 Å².